The lowest BCUT2D eigenvalue weighted by molar-refractivity contribution is -0.167. The third kappa shape index (κ3) is 10.6. The molecule has 0 spiro atoms. The van der Waals surface area contributed by atoms with Crippen molar-refractivity contribution in [3.8, 4) is 0 Å². The maximum atomic E-state index is 12.5. The minimum Gasteiger partial charge on any atom is -0.466 e. The summed E-state index contributed by atoms with van der Waals surface area (Å²) in [6.07, 6.45) is -2.60. The summed E-state index contributed by atoms with van der Waals surface area (Å²) in [7, 11) is 1.07. The summed E-state index contributed by atoms with van der Waals surface area (Å²) in [6, 6.07) is 7.55. The van der Waals surface area contributed by atoms with Crippen molar-refractivity contribution in [3.63, 3.8) is 0 Å². The number of hydrogen-bond donors (Lipinski definition) is 1. The molecule has 1 aromatic carbocycles. The molecule has 2 atom stereocenters. The minimum atomic E-state index is -1.50. The predicted octanol–water partition coefficient (Wildman–Crippen LogP) is 1.44. The molecule has 0 aliphatic heterocycles. The summed E-state index contributed by atoms with van der Waals surface area (Å²) in [6.45, 7) is 5.95. The first-order valence-electron chi connectivity index (χ1n) is 9.88. The number of nitrogens with one attached hydrogen (secondary N) is 1. The Kier molecular flexibility index (Phi) is 10.3. The van der Waals surface area contributed by atoms with E-state index in [2.05, 4.69) is 10.1 Å². The molecule has 0 unspecified atom stereocenters. The second kappa shape index (κ2) is 12.4. The van der Waals surface area contributed by atoms with Crippen molar-refractivity contribution in [1.82, 2.24) is 5.32 Å². The number of carbonyl (C=O) groups excluding carboxylic acids is 5. The molecule has 1 aromatic rings. The van der Waals surface area contributed by atoms with Gasteiger partial charge < -0.3 is 24.3 Å². The number of amides is 1. The molecule has 0 radical (unpaired) electrons. The van der Waals surface area contributed by atoms with Crippen LogP contribution in [-0.4, -0.2) is 54.6 Å². The van der Waals surface area contributed by atoms with E-state index in [1.165, 1.54) is 0 Å². The van der Waals surface area contributed by atoms with Crippen molar-refractivity contribution in [3.05, 3.63) is 35.9 Å². The maximum Gasteiger partial charge on any atom is 0.347 e. The molecule has 0 aliphatic carbocycles. The van der Waals surface area contributed by atoms with Crippen LogP contribution in [0.25, 0.3) is 0 Å². The topological polar surface area (TPSA) is 134 Å². The molecule has 0 aliphatic rings. The van der Waals surface area contributed by atoms with Crippen LogP contribution < -0.4 is 5.32 Å². The monoisotopic (exact) mass is 451 g/mol. The van der Waals surface area contributed by atoms with E-state index in [0.717, 1.165) is 19.6 Å². The molecule has 0 bridgehead atoms. The average Bonchev–Trinajstić information content (AvgIpc) is 2.69. The van der Waals surface area contributed by atoms with Crippen LogP contribution in [0.15, 0.2) is 30.3 Å². The molecule has 0 fully saturated rings. The van der Waals surface area contributed by atoms with Crippen molar-refractivity contribution in [1.29, 1.82) is 0 Å². The normalized spacial score (nSPS) is 12.7. The lowest BCUT2D eigenvalue weighted by atomic mass is 10.1. The Morgan fingerprint density at radius 3 is 2.12 bits per heavy atom. The van der Waals surface area contributed by atoms with E-state index in [-0.39, 0.29) is 6.61 Å². The van der Waals surface area contributed by atoms with Crippen LogP contribution in [0, 0.1) is 0 Å². The molecule has 10 nitrogen and oxygen atoms in total. The zero-order valence-corrected chi connectivity index (χ0v) is 18.8. The third-order valence-corrected chi connectivity index (χ3v) is 3.78. The van der Waals surface area contributed by atoms with Crippen molar-refractivity contribution >= 4 is 29.8 Å². The average molecular weight is 451 g/mol. The Balaban J connectivity index is 2.84. The van der Waals surface area contributed by atoms with Crippen molar-refractivity contribution in [2.45, 2.75) is 64.9 Å². The SMILES string of the molecule is COC(=O)[C@H](CC(=O)N[C@@H](CC(=O)OCc1ccccc1)C(=O)OC(C)(C)C)OC(C)=O. The highest BCUT2D eigenvalue weighted by Gasteiger charge is 2.32. The smallest absolute Gasteiger partial charge is 0.347 e. The van der Waals surface area contributed by atoms with E-state index in [1.807, 2.05) is 6.07 Å². The largest absolute Gasteiger partial charge is 0.466 e. The van der Waals surface area contributed by atoms with Gasteiger partial charge in [-0.2, -0.15) is 0 Å². The number of ether oxygens (including phenoxy) is 4. The van der Waals surface area contributed by atoms with Crippen LogP contribution in [0.5, 0.6) is 0 Å². The zero-order valence-electron chi connectivity index (χ0n) is 18.8. The van der Waals surface area contributed by atoms with Gasteiger partial charge in [0.1, 0.15) is 18.2 Å². The molecule has 10 heteroatoms. The highest BCUT2D eigenvalue weighted by Crippen LogP contribution is 2.12. The molecule has 0 heterocycles. The molecule has 32 heavy (non-hydrogen) atoms. The lowest BCUT2D eigenvalue weighted by Gasteiger charge is -2.24. The van der Waals surface area contributed by atoms with Crippen LogP contribution in [0.2, 0.25) is 0 Å². The fraction of sp³-hybridized carbons (Fsp3) is 0.500. The van der Waals surface area contributed by atoms with Gasteiger partial charge in [0.2, 0.25) is 12.0 Å². The molecule has 0 saturated carbocycles. The van der Waals surface area contributed by atoms with Crippen LogP contribution in [-0.2, 0) is 49.5 Å². The van der Waals surface area contributed by atoms with Crippen molar-refractivity contribution < 1.29 is 42.9 Å². The molecule has 1 amide bonds. The maximum absolute atomic E-state index is 12.5. The summed E-state index contributed by atoms with van der Waals surface area (Å²) in [5, 5.41) is 2.34. The van der Waals surface area contributed by atoms with Gasteiger partial charge in [-0.3, -0.25) is 14.4 Å². The molecular weight excluding hydrogens is 422 g/mol. The van der Waals surface area contributed by atoms with Crippen LogP contribution in [0.3, 0.4) is 0 Å². The van der Waals surface area contributed by atoms with Gasteiger partial charge in [0.15, 0.2) is 0 Å². The number of hydrogen-bond acceptors (Lipinski definition) is 9. The van der Waals surface area contributed by atoms with Gasteiger partial charge in [0.05, 0.1) is 20.0 Å². The first-order chi connectivity index (χ1) is 14.9. The van der Waals surface area contributed by atoms with E-state index >= 15 is 0 Å². The Labute approximate surface area is 186 Å². The molecule has 0 saturated heterocycles. The number of rotatable bonds is 10. The Bertz CT molecular complexity index is 814. The number of esters is 4. The lowest BCUT2D eigenvalue weighted by Crippen LogP contribution is -2.47. The number of carbonyl (C=O) groups is 5. The van der Waals surface area contributed by atoms with Crippen LogP contribution in [0.4, 0.5) is 0 Å². The summed E-state index contributed by atoms with van der Waals surface area (Å²) in [4.78, 5) is 60.2. The van der Waals surface area contributed by atoms with Crippen molar-refractivity contribution in [2.75, 3.05) is 7.11 Å². The summed E-state index contributed by atoms with van der Waals surface area (Å²) in [5.74, 6) is -4.15. The Morgan fingerprint density at radius 1 is 0.969 bits per heavy atom. The van der Waals surface area contributed by atoms with Crippen molar-refractivity contribution in [2.24, 2.45) is 0 Å². The summed E-state index contributed by atoms with van der Waals surface area (Å²) >= 11 is 0. The van der Waals surface area contributed by atoms with E-state index in [0.29, 0.717) is 0 Å². The fourth-order valence-corrected chi connectivity index (χ4v) is 2.46. The standard InChI is InChI=1S/C22H29NO9/c1-14(24)31-17(21(28)29-5)12-18(25)23-16(20(27)32-22(2,3)4)11-19(26)30-13-15-9-7-6-8-10-15/h6-10,16-17H,11-13H2,1-5H3,(H,23,25)/t16-,17-/m0/s1. The van der Waals surface area contributed by atoms with E-state index in [4.69, 9.17) is 14.2 Å². The van der Waals surface area contributed by atoms with Gasteiger partial charge in [-0.25, -0.2) is 9.59 Å². The van der Waals surface area contributed by atoms with Crippen LogP contribution in [0.1, 0.15) is 46.1 Å². The van der Waals surface area contributed by atoms with E-state index in [9.17, 15) is 24.0 Å². The quantitative estimate of drug-likeness (QED) is 0.414. The summed E-state index contributed by atoms with van der Waals surface area (Å²) < 4.78 is 19.7. The number of methoxy groups -OCH3 is 1. The molecule has 0 aromatic heterocycles. The molecule has 176 valence electrons. The third-order valence-electron chi connectivity index (χ3n) is 3.78. The molecule has 1 rings (SSSR count). The first kappa shape index (κ1) is 26.6. The highest BCUT2D eigenvalue weighted by atomic mass is 16.6. The number of benzene rings is 1. The van der Waals surface area contributed by atoms with Gasteiger partial charge in [-0.1, -0.05) is 30.3 Å². The summed E-state index contributed by atoms with van der Waals surface area (Å²) in [5.41, 5.74) is -0.124. The van der Waals surface area contributed by atoms with Gasteiger partial charge in [-0.05, 0) is 26.3 Å². The van der Waals surface area contributed by atoms with Gasteiger partial charge in [0.25, 0.3) is 0 Å². The fourth-order valence-electron chi connectivity index (χ4n) is 2.46. The van der Waals surface area contributed by atoms with E-state index < -0.39 is 60.4 Å². The Hall–Kier alpha value is -3.43. The molecular formula is C22H29NO9. The Morgan fingerprint density at radius 2 is 1.59 bits per heavy atom. The minimum absolute atomic E-state index is 0.00841. The second-order valence-corrected chi connectivity index (χ2v) is 7.83. The van der Waals surface area contributed by atoms with Gasteiger partial charge in [0, 0.05) is 6.92 Å². The highest BCUT2D eigenvalue weighted by molar-refractivity contribution is 5.91. The van der Waals surface area contributed by atoms with Crippen LogP contribution >= 0.6 is 0 Å². The zero-order chi connectivity index (χ0) is 24.3. The van der Waals surface area contributed by atoms with Gasteiger partial charge >= 0.3 is 23.9 Å². The predicted molar refractivity (Wildman–Crippen MR) is 111 cm³/mol. The van der Waals surface area contributed by atoms with E-state index in [1.54, 1.807) is 45.0 Å². The molecule has 1 N–H and O–H groups in total. The second-order valence-electron chi connectivity index (χ2n) is 7.83. The van der Waals surface area contributed by atoms with Gasteiger partial charge in [-0.15, -0.1) is 0 Å². The first-order valence-corrected chi connectivity index (χ1v) is 9.88.